The van der Waals surface area contributed by atoms with Gasteiger partial charge < -0.3 is 29.9 Å². The number of unbranched alkanes of at least 4 members (excludes halogenated alkanes) is 1. The summed E-state index contributed by atoms with van der Waals surface area (Å²) in [7, 11) is 3.57. The van der Waals surface area contributed by atoms with Gasteiger partial charge in [-0.15, -0.1) is 0 Å². The van der Waals surface area contributed by atoms with Crippen molar-refractivity contribution in [2.45, 2.75) is 90.0 Å². The van der Waals surface area contributed by atoms with Gasteiger partial charge in [0.2, 0.25) is 17.8 Å². The number of piperazine rings is 1. The fraction of sp³-hybridized carbons (Fsp3) is 0.565. The van der Waals surface area contributed by atoms with Crippen LogP contribution in [0.1, 0.15) is 106 Å². The lowest BCUT2D eigenvalue weighted by Gasteiger charge is -2.40. The Morgan fingerprint density at radius 2 is 1.57 bits per heavy atom. The lowest BCUT2D eigenvalue weighted by Crippen LogP contribution is -2.49. The van der Waals surface area contributed by atoms with Gasteiger partial charge in [-0.1, -0.05) is 45.2 Å². The SMILES string of the molecule is CCCCNCC.CN(C)C(=O)c1cc2cnc(Nc3ccc(N4CCN(CC5CCN(c6ccc(C7CCC(=O)NC7=O)cc6)CC5)CC4)cn3)nc2n1C1CCCC1. The smallest absolute Gasteiger partial charge is 0.270 e. The number of nitrogens with one attached hydrogen (secondary N) is 3. The minimum atomic E-state index is -0.236. The number of piperidine rings is 2. The number of pyridine rings is 1. The van der Waals surface area contributed by atoms with Crippen LogP contribution < -0.4 is 25.8 Å². The van der Waals surface area contributed by atoms with Gasteiger partial charge in [-0.3, -0.25) is 24.6 Å². The first-order valence-corrected chi connectivity index (χ1v) is 22.4. The van der Waals surface area contributed by atoms with E-state index in [-0.39, 0.29) is 29.7 Å². The van der Waals surface area contributed by atoms with Crippen molar-refractivity contribution in [2.24, 2.45) is 5.92 Å². The molecule has 1 aliphatic carbocycles. The van der Waals surface area contributed by atoms with Crippen molar-refractivity contribution >= 4 is 51.9 Å². The second-order valence-electron chi connectivity index (χ2n) is 17.1. The summed E-state index contributed by atoms with van der Waals surface area (Å²) in [6.07, 6.45) is 14.1. The maximum absolute atomic E-state index is 13.1. The zero-order chi connectivity index (χ0) is 42.0. The lowest BCUT2D eigenvalue weighted by atomic mass is 9.90. The molecule has 0 radical (unpaired) electrons. The van der Waals surface area contributed by atoms with Gasteiger partial charge in [0.05, 0.1) is 17.8 Å². The fourth-order valence-electron chi connectivity index (χ4n) is 9.09. The molecule has 4 aromatic rings. The monoisotopic (exact) mass is 820 g/mol. The number of nitrogens with zero attached hydrogens (tertiary/aromatic N) is 8. The summed E-state index contributed by atoms with van der Waals surface area (Å²) < 4.78 is 2.13. The summed E-state index contributed by atoms with van der Waals surface area (Å²) in [5.41, 5.74) is 4.77. The first kappa shape index (κ1) is 43.0. The molecule has 3 N–H and O–H groups in total. The number of carbonyl (C=O) groups is 3. The molecule has 60 heavy (non-hydrogen) atoms. The van der Waals surface area contributed by atoms with E-state index < -0.39 is 0 Å². The first-order valence-electron chi connectivity index (χ1n) is 22.4. The summed E-state index contributed by atoms with van der Waals surface area (Å²) in [5, 5.41) is 9.88. The van der Waals surface area contributed by atoms with E-state index in [4.69, 9.17) is 9.97 Å². The average molecular weight is 820 g/mol. The van der Waals surface area contributed by atoms with Crippen molar-refractivity contribution in [1.29, 1.82) is 0 Å². The molecule has 1 atom stereocenters. The molecule has 3 aliphatic heterocycles. The van der Waals surface area contributed by atoms with E-state index in [2.05, 4.69) is 84.4 Å². The molecule has 4 fully saturated rings. The van der Waals surface area contributed by atoms with E-state index in [0.717, 1.165) is 100 Å². The highest BCUT2D eigenvalue weighted by Crippen LogP contribution is 2.35. The second kappa shape index (κ2) is 20.5. The number of rotatable bonds is 13. The van der Waals surface area contributed by atoms with Gasteiger partial charge in [0, 0.05) is 89.6 Å². The van der Waals surface area contributed by atoms with E-state index in [1.54, 1.807) is 25.2 Å². The summed E-state index contributed by atoms with van der Waals surface area (Å²) in [5.74, 6) is 1.24. The summed E-state index contributed by atoms with van der Waals surface area (Å²) >= 11 is 0. The molecule has 1 saturated carbocycles. The van der Waals surface area contributed by atoms with Crippen molar-refractivity contribution in [3.63, 3.8) is 0 Å². The standard InChI is InChI=1S/C40H50N10O3.C6H15N/c1-46(2)39(53)34-23-29-24-42-40(45-37(29)50(34)31-5-3-4-6-31)43-35-13-11-32(25-41-35)49-21-19-47(20-22-49)26-27-15-17-48(18-16-27)30-9-7-28(8-10-30)33-12-14-36(51)44-38(33)52;1-3-5-6-7-4-2/h7-11,13,23-25,27,31,33H,3-6,12,14-22,26H2,1-2H3,(H,44,51,52)(H,41,42,43,45);7H,3-6H2,1-2H3. The van der Waals surface area contributed by atoms with E-state index in [1.165, 1.54) is 37.9 Å². The highest BCUT2D eigenvalue weighted by Gasteiger charge is 2.30. The highest BCUT2D eigenvalue weighted by atomic mass is 16.2. The van der Waals surface area contributed by atoms with Crippen molar-refractivity contribution in [3.05, 3.63) is 66.1 Å². The number of imide groups is 1. The molecule has 3 amide bonds. The Kier molecular flexibility index (Phi) is 14.7. The van der Waals surface area contributed by atoms with Crippen LogP contribution in [0, 0.1) is 5.92 Å². The Morgan fingerprint density at radius 3 is 2.22 bits per heavy atom. The molecule has 8 rings (SSSR count). The van der Waals surface area contributed by atoms with Crippen molar-refractivity contribution < 1.29 is 14.4 Å². The molecular formula is C46H65N11O3. The molecule has 3 aromatic heterocycles. The summed E-state index contributed by atoms with van der Waals surface area (Å²) in [4.78, 5) is 60.1. The van der Waals surface area contributed by atoms with Gasteiger partial charge in [-0.25, -0.2) is 9.97 Å². The van der Waals surface area contributed by atoms with Crippen LogP contribution in [0.25, 0.3) is 11.0 Å². The molecule has 14 heteroatoms. The third kappa shape index (κ3) is 10.6. The topological polar surface area (TPSA) is 144 Å². The number of benzene rings is 1. The van der Waals surface area contributed by atoms with E-state index in [0.29, 0.717) is 36.2 Å². The van der Waals surface area contributed by atoms with E-state index in [1.807, 2.05) is 18.3 Å². The number of hydrogen-bond donors (Lipinski definition) is 3. The number of aromatic nitrogens is 4. The van der Waals surface area contributed by atoms with Crippen LogP contribution in [0.4, 0.5) is 23.1 Å². The Hall–Kier alpha value is -5.08. The highest BCUT2D eigenvalue weighted by molar-refractivity contribution is 6.01. The van der Waals surface area contributed by atoms with Gasteiger partial charge in [0.1, 0.15) is 17.2 Å². The molecule has 4 aliphatic rings. The van der Waals surface area contributed by atoms with E-state index in [9.17, 15) is 14.4 Å². The minimum Gasteiger partial charge on any atom is -0.372 e. The third-order valence-corrected chi connectivity index (χ3v) is 12.6. The van der Waals surface area contributed by atoms with Crippen LogP contribution >= 0.6 is 0 Å². The summed E-state index contributed by atoms with van der Waals surface area (Å²) in [6.45, 7) is 13.9. The maximum Gasteiger partial charge on any atom is 0.270 e. The zero-order valence-electron chi connectivity index (χ0n) is 36.2. The lowest BCUT2D eigenvalue weighted by molar-refractivity contribution is -0.134. The molecular weight excluding hydrogens is 755 g/mol. The molecule has 3 saturated heterocycles. The van der Waals surface area contributed by atoms with Gasteiger partial charge >= 0.3 is 0 Å². The predicted molar refractivity (Wildman–Crippen MR) is 239 cm³/mol. The second-order valence-corrected chi connectivity index (χ2v) is 17.1. The quantitative estimate of drug-likeness (QED) is 0.103. The number of fused-ring (bicyclic) bond motifs is 1. The molecule has 14 nitrogen and oxygen atoms in total. The van der Waals surface area contributed by atoms with Gasteiger partial charge in [0.15, 0.2) is 0 Å². The number of hydrogen-bond acceptors (Lipinski definition) is 11. The minimum absolute atomic E-state index is 0.0163. The number of anilines is 4. The fourth-order valence-corrected chi connectivity index (χ4v) is 9.09. The van der Waals surface area contributed by atoms with Crippen molar-refractivity contribution in [2.75, 3.05) is 88.1 Å². The van der Waals surface area contributed by atoms with Crippen LogP contribution in [-0.2, 0) is 9.59 Å². The molecule has 1 unspecified atom stereocenters. The normalized spacial score (nSPS) is 19.3. The third-order valence-electron chi connectivity index (χ3n) is 12.6. The molecule has 0 bridgehead atoms. The number of carbonyl (C=O) groups excluding carboxylic acids is 3. The van der Waals surface area contributed by atoms with Crippen molar-refractivity contribution in [3.8, 4) is 0 Å². The van der Waals surface area contributed by atoms with Crippen LogP contribution in [0.5, 0.6) is 0 Å². The largest absolute Gasteiger partial charge is 0.372 e. The first-order chi connectivity index (χ1) is 29.2. The van der Waals surface area contributed by atoms with Crippen LogP contribution in [0.3, 0.4) is 0 Å². The molecule has 322 valence electrons. The Morgan fingerprint density at radius 1 is 0.850 bits per heavy atom. The Bertz CT molecular complexity index is 2020. The van der Waals surface area contributed by atoms with Gasteiger partial charge in [-0.05, 0) is 93.4 Å². The molecule has 0 spiro atoms. The van der Waals surface area contributed by atoms with Gasteiger partial charge in [0.25, 0.3) is 5.91 Å². The van der Waals surface area contributed by atoms with Crippen molar-refractivity contribution in [1.82, 2.24) is 40.0 Å². The van der Waals surface area contributed by atoms with Crippen LogP contribution in [0.2, 0.25) is 0 Å². The van der Waals surface area contributed by atoms with Crippen LogP contribution in [0.15, 0.2) is 54.9 Å². The average Bonchev–Trinajstić information content (AvgIpc) is 3.93. The predicted octanol–water partition coefficient (Wildman–Crippen LogP) is 6.34. The maximum atomic E-state index is 13.1. The zero-order valence-corrected chi connectivity index (χ0v) is 36.2. The summed E-state index contributed by atoms with van der Waals surface area (Å²) in [6, 6.07) is 14.7. The molecule has 6 heterocycles. The van der Waals surface area contributed by atoms with Crippen LogP contribution in [-0.4, -0.2) is 120 Å². The Balaban J connectivity index is 0.000000716. The van der Waals surface area contributed by atoms with Gasteiger partial charge in [-0.2, -0.15) is 4.98 Å². The molecule has 1 aromatic carbocycles. The Labute approximate surface area is 355 Å². The number of amides is 3. The van der Waals surface area contributed by atoms with E-state index >= 15 is 0 Å².